The van der Waals surface area contributed by atoms with Crippen LogP contribution in [-0.2, 0) is 19.1 Å². The highest BCUT2D eigenvalue weighted by Gasteiger charge is 2.16. The van der Waals surface area contributed by atoms with E-state index in [1.807, 2.05) is 0 Å². The fraction of sp³-hybridized carbons (Fsp3) is 0.267. The molecule has 0 saturated heterocycles. The summed E-state index contributed by atoms with van der Waals surface area (Å²) in [5.41, 5.74) is 0.192. The number of ether oxygens (including phenoxy) is 3. The Bertz CT molecular complexity index is 776. The number of rotatable bonds is 7. The van der Waals surface area contributed by atoms with E-state index in [4.69, 9.17) is 9.47 Å². The van der Waals surface area contributed by atoms with Gasteiger partial charge >= 0.3 is 11.9 Å². The van der Waals surface area contributed by atoms with Crippen molar-refractivity contribution in [3.63, 3.8) is 0 Å². The lowest BCUT2D eigenvalue weighted by atomic mass is 10.1. The normalized spacial score (nSPS) is 10.2. The molecule has 0 fully saturated rings. The molecular weight excluding hydrogens is 320 g/mol. The maximum atomic E-state index is 11.4. The SMILES string of the molecule is COC(=O)CCC(=O)OCOc1ccc([N+](=O)[O-])c2cccnc12. The molecule has 1 heterocycles. The average molecular weight is 334 g/mol. The van der Waals surface area contributed by atoms with E-state index in [-0.39, 0.29) is 29.8 Å². The standard InChI is InChI=1S/C15H14N2O7/c1-22-13(18)6-7-14(19)24-9-23-12-5-4-11(17(20)21)10-3-2-8-16-15(10)12/h2-5,8H,6-7,9H2,1H3. The molecule has 0 aliphatic rings. The summed E-state index contributed by atoms with van der Waals surface area (Å²) >= 11 is 0. The molecule has 9 nitrogen and oxygen atoms in total. The highest BCUT2D eigenvalue weighted by molar-refractivity contribution is 5.92. The van der Waals surface area contributed by atoms with Crippen LogP contribution in [0.2, 0.25) is 0 Å². The zero-order chi connectivity index (χ0) is 17.5. The summed E-state index contributed by atoms with van der Waals surface area (Å²) in [5.74, 6) is -0.894. The molecule has 0 bridgehead atoms. The van der Waals surface area contributed by atoms with Gasteiger partial charge in [0.25, 0.3) is 5.69 Å². The third-order valence-electron chi connectivity index (χ3n) is 3.10. The van der Waals surface area contributed by atoms with Gasteiger partial charge in [-0.1, -0.05) is 0 Å². The number of methoxy groups -OCH3 is 1. The van der Waals surface area contributed by atoms with Crippen molar-refractivity contribution >= 4 is 28.5 Å². The van der Waals surface area contributed by atoms with Crippen LogP contribution in [0, 0.1) is 10.1 Å². The highest BCUT2D eigenvalue weighted by atomic mass is 16.7. The van der Waals surface area contributed by atoms with Crippen molar-refractivity contribution in [2.75, 3.05) is 13.9 Å². The maximum Gasteiger partial charge on any atom is 0.309 e. The van der Waals surface area contributed by atoms with Gasteiger partial charge in [0.15, 0.2) is 0 Å². The minimum Gasteiger partial charge on any atom is -0.469 e. The fourth-order valence-electron chi connectivity index (χ4n) is 1.94. The lowest BCUT2D eigenvalue weighted by molar-refractivity contribution is -0.383. The first-order valence-electron chi connectivity index (χ1n) is 6.90. The van der Waals surface area contributed by atoms with Crippen LogP contribution in [0.5, 0.6) is 5.75 Å². The summed E-state index contributed by atoms with van der Waals surface area (Å²) in [7, 11) is 1.23. The molecule has 0 spiro atoms. The van der Waals surface area contributed by atoms with Crippen LogP contribution in [0.4, 0.5) is 5.69 Å². The molecule has 0 aliphatic heterocycles. The number of esters is 2. The summed E-state index contributed by atoms with van der Waals surface area (Å²) in [6.45, 7) is -0.399. The Labute approximate surface area is 136 Å². The zero-order valence-corrected chi connectivity index (χ0v) is 12.8. The number of non-ortho nitro benzene ring substituents is 1. The Kier molecular flexibility index (Phi) is 5.61. The first kappa shape index (κ1) is 17.1. The van der Waals surface area contributed by atoms with Gasteiger partial charge in [-0.25, -0.2) is 0 Å². The van der Waals surface area contributed by atoms with E-state index < -0.39 is 23.7 Å². The van der Waals surface area contributed by atoms with Crippen LogP contribution in [0.25, 0.3) is 10.9 Å². The summed E-state index contributed by atoms with van der Waals surface area (Å²) < 4.78 is 14.6. The molecule has 0 amide bonds. The molecule has 2 aromatic rings. The van der Waals surface area contributed by atoms with Crippen molar-refractivity contribution in [1.29, 1.82) is 0 Å². The Morgan fingerprint density at radius 1 is 1.21 bits per heavy atom. The van der Waals surface area contributed by atoms with Gasteiger partial charge in [-0.3, -0.25) is 24.7 Å². The van der Waals surface area contributed by atoms with Crippen LogP contribution in [0.1, 0.15) is 12.8 Å². The van der Waals surface area contributed by atoms with Gasteiger partial charge in [-0.2, -0.15) is 0 Å². The third kappa shape index (κ3) is 4.15. The first-order chi connectivity index (χ1) is 11.5. The van der Waals surface area contributed by atoms with Gasteiger partial charge in [0.05, 0.1) is 30.3 Å². The Hall–Kier alpha value is -3.23. The molecule has 9 heteroatoms. The zero-order valence-electron chi connectivity index (χ0n) is 12.8. The molecule has 0 saturated carbocycles. The van der Waals surface area contributed by atoms with E-state index >= 15 is 0 Å². The number of nitro benzene ring substituents is 1. The van der Waals surface area contributed by atoms with Crippen LogP contribution >= 0.6 is 0 Å². The predicted molar refractivity (Wildman–Crippen MR) is 81.2 cm³/mol. The quantitative estimate of drug-likeness (QED) is 0.326. The van der Waals surface area contributed by atoms with Crippen molar-refractivity contribution < 1.29 is 28.7 Å². The van der Waals surface area contributed by atoms with Crippen molar-refractivity contribution in [2.45, 2.75) is 12.8 Å². The molecule has 0 radical (unpaired) electrons. The number of hydrogen-bond acceptors (Lipinski definition) is 8. The van der Waals surface area contributed by atoms with Crippen LogP contribution in [0.3, 0.4) is 0 Å². The third-order valence-corrected chi connectivity index (χ3v) is 3.10. The Morgan fingerprint density at radius 2 is 1.96 bits per heavy atom. The number of pyridine rings is 1. The number of carbonyl (C=O) groups excluding carboxylic acids is 2. The smallest absolute Gasteiger partial charge is 0.309 e. The average Bonchev–Trinajstić information content (AvgIpc) is 2.59. The monoisotopic (exact) mass is 334 g/mol. The minimum absolute atomic E-state index is 0.0860. The minimum atomic E-state index is -0.625. The molecule has 2 rings (SSSR count). The van der Waals surface area contributed by atoms with Crippen molar-refractivity contribution in [2.24, 2.45) is 0 Å². The highest BCUT2D eigenvalue weighted by Crippen LogP contribution is 2.31. The summed E-state index contributed by atoms with van der Waals surface area (Å²) in [6, 6.07) is 5.80. The van der Waals surface area contributed by atoms with Gasteiger partial charge in [0, 0.05) is 12.3 Å². The molecule has 126 valence electrons. The lowest BCUT2D eigenvalue weighted by Gasteiger charge is -2.09. The predicted octanol–water partition coefficient (Wildman–Crippen LogP) is 1.98. The molecule has 0 unspecified atom stereocenters. The first-order valence-corrected chi connectivity index (χ1v) is 6.90. The number of fused-ring (bicyclic) bond motifs is 1. The number of hydrogen-bond donors (Lipinski definition) is 0. The van der Waals surface area contributed by atoms with Crippen molar-refractivity contribution in [3.05, 3.63) is 40.6 Å². The van der Waals surface area contributed by atoms with Crippen LogP contribution in [-0.4, -0.2) is 35.7 Å². The second kappa shape index (κ2) is 7.86. The van der Waals surface area contributed by atoms with Crippen LogP contribution < -0.4 is 4.74 Å². The maximum absolute atomic E-state index is 11.4. The topological polar surface area (TPSA) is 118 Å². The van der Waals surface area contributed by atoms with E-state index in [2.05, 4.69) is 9.72 Å². The number of nitrogens with zero attached hydrogens (tertiary/aromatic N) is 2. The summed E-state index contributed by atoms with van der Waals surface area (Å²) in [5, 5.41) is 11.3. The molecular formula is C15H14N2O7. The van der Waals surface area contributed by atoms with E-state index in [1.165, 1.54) is 25.4 Å². The molecule has 1 aromatic heterocycles. The van der Waals surface area contributed by atoms with Gasteiger partial charge in [0.2, 0.25) is 6.79 Å². The molecule has 0 N–H and O–H groups in total. The lowest BCUT2D eigenvalue weighted by Crippen LogP contribution is -2.12. The number of carbonyl (C=O) groups is 2. The molecule has 0 atom stereocenters. The van der Waals surface area contributed by atoms with Crippen molar-refractivity contribution in [3.8, 4) is 5.75 Å². The number of nitro groups is 1. The number of aromatic nitrogens is 1. The van der Waals surface area contributed by atoms with Gasteiger partial charge in [-0.15, -0.1) is 0 Å². The molecule has 24 heavy (non-hydrogen) atoms. The van der Waals surface area contributed by atoms with E-state index in [1.54, 1.807) is 12.1 Å². The number of benzene rings is 1. The van der Waals surface area contributed by atoms with Crippen molar-refractivity contribution in [1.82, 2.24) is 4.98 Å². The van der Waals surface area contributed by atoms with Gasteiger partial charge in [-0.05, 0) is 18.2 Å². The summed E-state index contributed by atoms with van der Waals surface area (Å²) in [6.07, 6.45) is 1.26. The van der Waals surface area contributed by atoms with Gasteiger partial charge in [0.1, 0.15) is 11.3 Å². The summed E-state index contributed by atoms with van der Waals surface area (Å²) in [4.78, 5) is 36.9. The van der Waals surface area contributed by atoms with Crippen LogP contribution in [0.15, 0.2) is 30.5 Å². The Balaban J connectivity index is 2.01. The second-order valence-electron chi connectivity index (χ2n) is 4.59. The Morgan fingerprint density at radius 3 is 2.67 bits per heavy atom. The second-order valence-corrected chi connectivity index (χ2v) is 4.59. The van der Waals surface area contributed by atoms with E-state index in [9.17, 15) is 19.7 Å². The molecule has 1 aromatic carbocycles. The largest absolute Gasteiger partial charge is 0.469 e. The van der Waals surface area contributed by atoms with E-state index in [0.29, 0.717) is 5.39 Å². The van der Waals surface area contributed by atoms with E-state index in [0.717, 1.165) is 0 Å². The molecule has 0 aliphatic carbocycles. The fourth-order valence-corrected chi connectivity index (χ4v) is 1.94. The van der Waals surface area contributed by atoms with Gasteiger partial charge < -0.3 is 14.2 Å².